The van der Waals surface area contributed by atoms with Crippen molar-refractivity contribution in [2.75, 3.05) is 5.32 Å². The topological polar surface area (TPSA) is 117 Å². The first-order chi connectivity index (χ1) is 18.4. The lowest BCUT2D eigenvalue weighted by Crippen LogP contribution is -2.52. The average Bonchev–Trinajstić information content (AvgIpc) is 3.06. The van der Waals surface area contributed by atoms with E-state index in [1.807, 2.05) is 0 Å². The molecule has 39 heavy (non-hydrogen) atoms. The van der Waals surface area contributed by atoms with Gasteiger partial charge in [0.2, 0.25) is 0 Å². The number of hydrogen-bond acceptors (Lipinski definition) is 6. The Morgan fingerprint density at radius 2 is 1.79 bits per heavy atom. The van der Waals surface area contributed by atoms with Crippen LogP contribution in [0.5, 0.6) is 0 Å². The maximum Gasteiger partial charge on any atom is 0.255 e. The van der Waals surface area contributed by atoms with Crippen LogP contribution in [0.15, 0.2) is 59.6 Å². The number of nitrogens with one attached hydrogen (secondary N) is 1. The number of rotatable bonds is 6. The van der Waals surface area contributed by atoms with Crippen LogP contribution >= 0.6 is 11.6 Å². The Labute approximate surface area is 229 Å². The number of aryl methyl sites for hydroxylation is 1. The molecule has 1 aromatic heterocycles. The Kier molecular flexibility index (Phi) is 7.26. The number of halogens is 3. The van der Waals surface area contributed by atoms with Gasteiger partial charge in [0, 0.05) is 23.5 Å². The summed E-state index contributed by atoms with van der Waals surface area (Å²) in [6.45, 7) is 1.80. The zero-order chi connectivity index (χ0) is 28.1. The Bertz CT molecular complexity index is 1540. The number of carbonyl (C=O) groups is 1. The fourth-order valence-electron chi connectivity index (χ4n) is 6.06. The van der Waals surface area contributed by atoms with Crippen molar-refractivity contribution in [3.63, 3.8) is 0 Å². The molecule has 2 saturated carbocycles. The van der Waals surface area contributed by atoms with Gasteiger partial charge in [-0.05, 0) is 86.4 Å². The lowest BCUT2D eigenvalue weighted by molar-refractivity contribution is -0.146. The zero-order valence-corrected chi connectivity index (χ0v) is 22.5. The lowest BCUT2D eigenvalue weighted by atomic mass is 9.70. The molecular formula is C28H27ClF2N2O5S. The third-order valence-electron chi connectivity index (χ3n) is 8.13. The molecule has 206 valence electrons. The second-order valence-electron chi connectivity index (χ2n) is 10.3. The Hall–Kier alpha value is -2.92. The van der Waals surface area contributed by atoms with Gasteiger partial charge in [-0.2, -0.15) is 0 Å². The summed E-state index contributed by atoms with van der Waals surface area (Å²) in [6, 6.07) is 10.2. The van der Waals surface area contributed by atoms with Gasteiger partial charge in [0.15, 0.2) is 21.5 Å². The number of benzene rings is 2. The largest absolute Gasteiger partial charge is 0.386 e. The highest BCUT2D eigenvalue weighted by molar-refractivity contribution is 7.92. The molecule has 0 radical (unpaired) electrons. The van der Waals surface area contributed by atoms with E-state index in [1.54, 1.807) is 25.3 Å². The lowest BCUT2D eigenvalue weighted by Gasteiger charge is -2.45. The van der Waals surface area contributed by atoms with E-state index in [2.05, 4.69) is 10.3 Å². The van der Waals surface area contributed by atoms with Crippen molar-refractivity contribution in [3.05, 3.63) is 88.2 Å². The second kappa shape index (κ2) is 10.2. The third-order valence-corrected chi connectivity index (χ3v) is 10.8. The second-order valence-corrected chi connectivity index (χ2v) is 12.9. The van der Waals surface area contributed by atoms with Crippen LogP contribution in [0.25, 0.3) is 0 Å². The molecule has 5 atom stereocenters. The normalized spacial score (nSPS) is 25.3. The van der Waals surface area contributed by atoms with E-state index >= 15 is 0 Å². The summed E-state index contributed by atoms with van der Waals surface area (Å²) in [5.41, 5.74) is -0.429. The van der Waals surface area contributed by atoms with E-state index in [-0.39, 0.29) is 34.0 Å². The quantitative estimate of drug-likeness (QED) is 0.380. The first-order valence-corrected chi connectivity index (χ1v) is 14.5. The minimum Gasteiger partial charge on any atom is -0.386 e. The summed E-state index contributed by atoms with van der Waals surface area (Å²) < 4.78 is 54.3. The van der Waals surface area contributed by atoms with E-state index in [9.17, 15) is 32.2 Å². The number of aliphatic hydroxyl groups is 2. The van der Waals surface area contributed by atoms with Crippen molar-refractivity contribution in [1.82, 2.24) is 4.98 Å². The molecule has 2 bridgehead atoms. The van der Waals surface area contributed by atoms with E-state index in [0.29, 0.717) is 18.5 Å². The molecular weight excluding hydrogens is 550 g/mol. The number of aromatic nitrogens is 1. The van der Waals surface area contributed by atoms with Gasteiger partial charge in [0.25, 0.3) is 5.91 Å². The molecule has 7 nitrogen and oxygen atoms in total. The Balaban J connectivity index is 1.39. The van der Waals surface area contributed by atoms with E-state index in [0.717, 1.165) is 17.7 Å². The van der Waals surface area contributed by atoms with Crippen molar-refractivity contribution in [1.29, 1.82) is 0 Å². The fraction of sp³-hybridized carbons (Fsp3) is 0.357. The standard InChI is InChI=1S/C28H27ClF2N2O5S/c1-15-3-2-10-32-25(15)26(34)28(36)17-5-6-18(28)13-20(12-17)39(37,38)24-11-16(4-8-21(24)29)27(35)33-19-7-9-22(30)23(31)14-19/h2-4,7-11,14,17-18,20,26,34,36H,5-6,12-13H2,1H3,(H,33,35)/t17-,18?,20-,26-,28-/m0/s1. The van der Waals surface area contributed by atoms with E-state index in [4.69, 9.17) is 11.6 Å². The van der Waals surface area contributed by atoms with Gasteiger partial charge in [-0.15, -0.1) is 0 Å². The van der Waals surface area contributed by atoms with Crippen molar-refractivity contribution < 1.29 is 32.2 Å². The molecule has 11 heteroatoms. The maximum atomic E-state index is 13.8. The summed E-state index contributed by atoms with van der Waals surface area (Å²) in [4.78, 5) is 16.8. The van der Waals surface area contributed by atoms with E-state index < -0.39 is 56.2 Å². The van der Waals surface area contributed by atoms with Crippen LogP contribution in [-0.4, -0.2) is 40.4 Å². The van der Waals surface area contributed by atoms with Gasteiger partial charge in [-0.25, -0.2) is 17.2 Å². The third kappa shape index (κ3) is 4.84. The summed E-state index contributed by atoms with van der Waals surface area (Å²) in [5.74, 6) is -3.88. The van der Waals surface area contributed by atoms with Crippen LogP contribution in [0, 0.1) is 30.4 Å². The highest BCUT2D eigenvalue weighted by Gasteiger charge is 2.59. The highest BCUT2D eigenvalue weighted by Crippen LogP contribution is 2.56. The van der Waals surface area contributed by atoms with Crippen LogP contribution < -0.4 is 5.32 Å². The first-order valence-electron chi connectivity index (χ1n) is 12.5. The van der Waals surface area contributed by atoms with Crippen LogP contribution in [0.3, 0.4) is 0 Å². The van der Waals surface area contributed by atoms with Crippen LogP contribution in [0.1, 0.15) is 53.4 Å². The number of fused-ring (bicyclic) bond motifs is 2. The number of carbonyl (C=O) groups excluding carboxylic acids is 1. The van der Waals surface area contributed by atoms with Crippen molar-refractivity contribution >= 4 is 33.0 Å². The van der Waals surface area contributed by atoms with Gasteiger partial charge in [0.1, 0.15) is 11.7 Å². The molecule has 2 aromatic carbocycles. The molecule has 2 fully saturated rings. The first kappa shape index (κ1) is 27.6. The van der Waals surface area contributed by atoms with Crippen molar-refractivity contribution in [3.8, 4) is 0 Å². The number of pyridine rings is 1. The number of anilines is 1. The van der Waals surface area contributed by atoms with Gasteiger partial charge < -0.3 is 15.5 Å². The molecule has 0 spiro atoms. The molecule has 0 saturated heterocycles. The van der Waals surface area contributed by atoms with Crippen molar-refractivity contribution in [2.45, 2.75) is 54.5 Å². The maximum absolute atomic E-state index is 13.8. The van der Waals surface area contributed by atoms with Gasteiger partial charge in [0.05, 0.1) is 20.9 Å². The number of nitrogens with zero attached hydrogens (tertiary/aromatic N) is 1. The number of aliphatic hydroxyl groups excluding tert-OH is 1. The molecule has 1 heterocycles. The minimum absolute atomic E-state index is 0.00287. The predicted molar refractivity (Wildman–Crippen MR) is 141 cm³/mol. The Morgan fingerprint density at radius 3 is 2.44 bits per heavy atom. The highest BCUT2D eigenvalue weighted by atomic mass is 35.5. The molecule has 1 unspecified atom stereocenters. The average molecular weight is 577 g/mol. The zero-order valence-electron chi connectivity index (χ0n) is 20.9. The monoisotopic (exact) mass is 576 g/mol. The van der Waals surface area contributed by atoms with Crippen molar-refractivity contribution in [2.24, 2.45) is 11.8 Å². The molecule has 1 amide bonds. The van der Waals surface area contributed by atoms with Gasteiger partial charge >= 0.3 is 0 Å². The van der Waals surface area contributed by atoms with Crippen LogP contribution in [-0.2, 0) is 9.84 Å². The molecule has 2 aliphatic carbocycles. The molecule has 5 rings (SSSR count). The Morgan fingerprint density at radius 1 is 1.10 bits per heavy atom. The van der Waals surface area contributed by atoms with E-state index in [1.165, 1.54) is 24.3 Å². The molecule has 3 N–H and O–H groups in total. The predicted octanol–water partition coefficient (Wildman–Crippen LogP) is 5.00. The van der Waals surface area contributed by atoms with Crippen LogP contribution in [0.4, 0.5) is 14.5 Å². The minimum atomic E-state index is -4.04. The summed E-state index contributed by atoms with van der Waals surface area (Å²) in [5, 5.41) is 24.4. The molecule has 2 aliphatic rings. The SMILES string of the molecule is Cc1cccnc1[C@H](O)[C@@]1(O)C2CC[C@H]1C[C@H](S(=O)(=O)c1cc(C(=O)Nc3ccc(F)c(F)c3)ccc1Cl)C2. The van der Waals surface area contributed by atoms with Gasteiger partial charge in [-0.3, -0.25) is 9.78 Å². The number of hydrogen-bond donors (Lipinski definition) is 3. The smallest absolute Gasteiger partial charge is 0.255 e. The summed E-state index contributed by atoms with van der Waals surface area (Å²) in [7, 11) is -4.04. The van der Waals surface area contributed by atoms with Crippen LogP contribution in [0.2, 0.25) is 5.02 Å². The number of sulfone groups is 1. The molecule has 0 aliphatic heterocycles. The summed E-state index contributed by atoms with van der Waals surface area (Å²) in [6.07, 6.45) is 1.62. The number of amides is 1. The fourth-order valence-corrected chi connectivity index (χ4v) is 8.47. The van der Waals surface area contributed by atoms with Gasteiger partial charge in [-0.1, -0.05) is 17.7 Å². The summed E-state index contributed by atoms with van der Waals surface area (Å²) >= 11 is 6.30. The molecule has 3 aromatic rings.